The topological polar surface area (TPSA) is 46.2 Å². The average Bonchev–Trinajstić information content (AvgIpc) is 2.03. The predicted octanol–water partition coefficient (Wildman–Crippen LogP) is 2.81. The Hall–Kier alpha value is -0.540. The van der Waals surface area contributed by atoms with Gasteiger partial charge in [-0.1, -0.05) is 35.8 Å². The van der Waals surface area contributed by atoms with Crippen molar-refractivity contribution in [3.8, 4) is 5.75 Å². The number of aromatic hydroxyl groups is 1. The maximum Gasteiger partial charge on any atom is 0.121 e. The Kier molecular flexibility index (Phi) is 3.33. The molecule has 13 heavy (non-hydrogen) atoms. The molecule has 0 fully saturated rings. The molecular formula is C10H14BrNO. The molecule has 1 atom stereocenters. The van der Waals surface area contributed by atoms with Gasteiger partial charge in [0.2, 0.25) is 0 Å². The van der Waals surface area contributed by atoms with Gasteiger partial charge in [-0.05, 0) is 18.1 Å². The van der Waals surface area contributed by atoms with Crippen molar-refractivity contribution in [1.82, 2.24) is 0 Å². The smallest absolute Gasteiger partial charge is 0.121 e. The van der Waals surface area contributed by atoms with Crippen LogP contribution in [0.3, 0.4) is 0 Å². The quantitative estimate of drug-likeness (QED) is 0.840. The van der Waals surface area contributed by atoms with Crippen LogP contribution in [0.25, 0.3) is 0 Å². The molecule has 1 aromatic rings. The van der Waals surface area contributed by atoms with Crippen molar-refractivity contribution in [3.05, 3.63) is 28.2 Å². The Bertz CT molecular complexity index is 279. The van der Waals surface area contributed by atoms with Crippen LogP contribution >= 0.6 is 15.9 Å². The first-order valence-electron chi connectivity index (χ1n) is 4.27. The fraction of sp³-hybridized carbons (Fsp3) is 0.400. The summed E-state index contributed by atoms with van der Waals surface area (Å²) in [6.45, 7) is 4.06. The first-order chi connectivity index (χ1) is 6.04. The highest BCUT2D eigenvalue weighted by Gasteiger charge is 2.16. The van der Waals surface area contributed by atoms with Gasteiger partial charge in [0.15, 0.2) is 0 Å². The summed E-state index contributed by atoms with van der Waals surface area (Å²) in [6.07, 6.45) is 0. The van der Waals surface area contributed by atoms with Crippen LogP contribution < -0.4 is 5.73 Å². The highest BCUT2D eigenvalue weighted by molar-refractivity contribution is 9.10. The average molecular weight is 244 g/mol. The summed E-state index contributed by atoms with van der Waals surface area (Å²) in [4.78, 5) is 0. The molecule has 72 valence electrons. The van der Waals surface area contributed by atoms with Gasteiger partial charge >= 0.3 is 0 Å². The number of rotatable bonds is 2. The predicted molar refractivity (Wildman–Crippen MR) is 57.6 cm³/mol. The van der Waals surface area contributed by atoms with E-state index in [1.165, 1.54) is 0 Å². The van der Waals surface area contributed by atoms with Crippen molar-refractivity contribution in [1.29, 1.82) is 0 Å². The van der Waals surface area contributed by atoms with Gasteiger partial charge in [-0.3, -0.25) is 0 Å². The summed E-state index contributed by atoms with van der Waals surface area (Å²) in [6, 6.07) is 5.20. The second-order valence-electron chi connectivity index (χ2n) is 3.44. The lowest BCUT2D eigenvalue weighted by molar-refractivity contribution is 0.438. The van der Waals surface area contributed by atoms with Crippen molar-refractivity contribution in [3.63, 3.8) is 0 Å². The van der Waals surface area contributed by atoms with Crippen molar-refractivity contribution < 1.29 is 5.11 Å². The molecule has 0 aromatic heterocycles. The highest BCUT2D eigenvalue weighted by Crippen LogP contribution is 2.33. The number of nitrogens with two attached hydrogens (primary N) is 1. The molecule has 0 aliphatic rings. The molecule has 0 amide bonds. The molecule has 0 aliphatic carbocycles. The number of benzene rings is 1. The summed E-state index contributed by atoms with van der Waals surface area (Å²) in [5.41, 5.74) is 6.74. The Morgan fingerprint density at radius 1 is 1.38 bits per heavy atom. The Balaban J connectivity index is 3.12. The van der Waals surface area contributed by atoms with Crippen LogP contribution in [-0.4, -0.2) is 5.11 Å². The number of phenolic OH excluding ortho intramolecular Hbond substituents is 1. The summed E-state index contributed by atoms with van der Waals surface area (Å²) in [5, 5.41) is 9.60. The molecule has 3 heteroatoms. The first-order valence-corrected chi connectivity index (χ1v) is 5.06. The minimum atomic E-state index is -0.129. The van der Waals surface area contributed by atoms with E-state index < -0.39 is 0 Å². The van der Waals surface area contributed by atoms with E-state index in [0.717, 1.165) is 10.0 Å². The minimum absolute atomic E-state index is 0.129. The molecule has 2 nitrogen and oxygen atoms in total. The second-order valence-corrected chi connectivity index (χ2v) is 4.30. The number of phenols is 1. The third-order valence-corrected chi connectivity index (χ3v) is 2.77. The van der Waals surface area contributed by atoms with Gasteiger partial charge in [0.25, 0.3) is 0 Å². The number of hydrogen-bond acceptors (Lipinski definition) is 2. The molecule has 3 N–H and O–H groups in total. The lowest BCUT2D eigenvalue weighted by Crippen LogP contribution is -2.17. The highest BCUT2D eigenvalue weighted by atomic mass is 79.9. The van der Waals surface area contributed by atoms with E-state index in [0.29, 0.717) is 5.92 Å². The van der Waals surface area contributed by atoms with Gasteiger partial charge in [0.05, 0.1) is 0 Å². The molecule has 1 rings (SSSR count). The Morgan fingerprint density at radius 3 is 2.46 bits per heavy atom. The maximum atomic E-state index is 9.60. The molecule has 1 unspecified atom stereocenters. The molecule has 0 spiro atoms. The van der Waals surface area contributed by atoms with Gasteiger partial charge < -0.3 is 10.8 Å². The van der Waals surface area contributed by atoms with E-state index in [1.807, 2.05) is 19.9 Å². The molecule has 0 aliphatic heterocycles. The van der Waals surface area contributed by atoms with Crippen molar-refractivity contribution in [2.24, 2.45) is 11.7 Å². The first kappa shape index (κ1) is 10.5. The van der Waals surface area contributed by atoms with Gasteiger partial charge in [-0.25, -0.2) is 0 Å². The van der Waals surface area contributed by atoms with Gasteiger partial charge in [-0.2, -0.15) is 0 Å². The van der Waals surface area contributed by atoms with Gasteiger partial charge in [-0.15, -0.1) is 0 Å². The zero-order chi connectivity index (χ0) is 10.0. The van der Waals surface area contributed by atoms with E-state index in [9.17, 15) is 5.11 Å². The van der Waals surface area contributed by atoms with E-state index >= 15 is 0 Å². The van der Waals surface area contributed by atoms with Crippen LogP contribution in [0.2, 0.25) is 0 Å². The third-order valence-electron chi connectivity index (χ3n) is 2.08. The van der Waals surface area contributed by atoms with E-state index in [-0.39, 0.29) is 11.8 Å². The molecule has 0 radical (unpaired) electrons. The van der Waals surface area contributed by atoms with E-state index in [2.05, 4.69) is 15.9 Å². The minimum Gasteiger partial charge on any atom is -0.508 e. The molecule has 0 saturated carbocycles. The van der Waals surface area contributed by atoms with E-state index in [4.69, 9.17) is 5.73 Å². The third kappa shape index (κ3) is 2.23. The van der Waals surface area contributed by atoms with Gasteiger partial charge in [0, 0.05) is 16.1 Å². The Morgan fingerprint density at radius 2 is 2.00 bits per heavy atom. The maximum absolute atomic E-state index is 9.60. The standard InChI is InChI=1S/C10H14BrNO/c1-6(2)10(12)9-7(11)4-3-5-8(9)13/h3-6,10,13H,12H2,1-2H3. The Labute approximate surface area is 86.9 Å². The molecule has 0 heterocycles. The summed E-state index contributed by atoms with van der Waals surface area (Å²) >= 11 is 3.38. The normalized spacial score (nSPS) is 13.3. The fourth-order valence-corrected chi connectivity index (χ4v) is 1.81. The van der Waals surface area contributed by atoms with E-state index in [1.54, 1.807) is 12.1 Å². The van der Waals surface area contributed by atoms with Crippen LogP contribution in [0.1, 0.15) is 25.5 Å². The van der Waals surface area contributed by atoms with Crippen molar-refractivity contribution >= 4 is 15.9 Å². The fourth-order valence-electron chi connectivity index (χ4n) is 1.19. The molecular weight excluding hydrogens is 230 g/mol. The van der Waals surface area contributed by atoms with Crippen molar-refractivity contribution in [2.75, 3.05) is 0 Å². The zero-order valence-electron chi connectivity index (χ0n) is 7.79. The SMILES string of the molecule is CC(C)C(N)c1c(O)cccc1Br. The molecule has 1 aromatic carbocycles. The summed E-state index contributed by atoms with van der Waals surface area (Å²) in [7, 11) is 0. The monoisotopic (exact) mass is 243 g/mol. The van der Waals surface area contributed by atoms with Crippen LogP contribution in [0, 0.1) is 5.92 Å². The van der Waals surface area contributed by atoms with Crippen LogP contribution in [-0.2, 0) is 0 Å². The van der Waals surface area contributed by atoms with Crippen LogP contribution in [0.5, 0.6) is 5.75 Å². The number of hydrogen-bond donors (Lipinski definition) is 2. The second kappa shape index (κ2) is 4.11. The van der Waals surface area contributed by atoms with Crippen molar-refractivity contribution in [2.45, 2.75) is 19.9 Å². The molecule has 0 bridgehead atoms. The zero-order valence-corrected chi connectivity index (χ0v) is 9.38. The van der Waals surface area contributed by atoms with Crippen LogP contribution in [0.15, 0.2) is 22.7 Å². The molecule has 0 saturated heterocycles. The van der Waals surface area contributed by atoms with Gasteiger partial charge in [0.1, 0.15) is 5.75 Å². The lowest BCUT2D eigenvalue weighted by atomic mass is 9.96. The summed E-state index contributed by atoms with van der Waals surface area (Å²) in [5.74, 6) is 0.570. The number of halogens is 1. The van der Waals surface area contributed by atoms with Crippen LogP contribution in [0.4, 0.5) is 0 Å². The summed E-state index contributed by atoms with van der Waals surface area (Å²) < 4.78 is 0.869. The lowest BCUT2D eigenvalue weighted by Gasteiger charge is -2.18. The largest absolute Gasteiger partial charge is 0.508 e.